The lowest BCUT2D eigenvalue weighted by Gasteiger charge is -2.19. The molecule has 0 atom stereocenters. The van der Waals surface area contributed by atoms with Crippen LogP contribution in [0, 0.1) is 0 Å². The van der Waals surface area contributed by atoms with Crippen LogP contribution >= 0.6 is 23.2 Å². The third-order valence-electron chi connectivity index (χ3n) is 3.08. The third kappa shape index (κ3) is 3.78. The summed E-state index contributed by atoms with van der Waals surface area (Å²) in [4.78, 5) is 25.6. The first-order valence-electron chi connectivity index (χ1n) is 6.51. The zero-order chi connectivity index (χ0) is 16.1. The maximum absolute atomic E-state index is 12.5. The second kappa shape index (κ2) is 7.29. The Hall–Kier alpha value is -2.04. The van der Waals surface area contributed by atoms with Crippen LogP contribution in [0.25, 0.3) is 0 Å². The number of carbonyl (C=O) groups excluding carboxylic acids is 2. The summed E-state index contributed by atoms with van der Waals surface area (Å²) in [7, 11) is 1.56. The molecule has 22 heavy (non-hydrogen) atoms. The Morgan fingerprint density at radius 2 is 1.82 bits per heavy atom. The zero-order valence-electron chi connectivity index (χ0n) is 11.8. The first-order chi connectivity index (χ1) is 10.5. The van der Waals surface area contributed by atoms with Crippen LogP contribution < -0.4 is 10.2 Å². The summed E-state index contributed by atoms with van der Waals surface area (Å²) in [5.41, 5.74) is 1.41. The minimum atomic E-state index is -0.349. The number of nitrogens with one attached hydrogen (secondary N) is 1. The molecule has 0 heterocycles. The summed E-state index contributed by atoms with van der Waals surface area (Å²) in [6.45, 7) is 0. The highest BCUT2D eigenvalue weighted by atomic mass is 35.5. The number of alkyl halides is 1. The third-order valence-corrected chi connectivity index (χ3v) is 3.55. The molecular weight excluding hydrogens is 323 g/mol. The molecular formula is C16H14Cl2N2O2. The van der Waals surface area contributed by atoms with Crippen molar-refractivity contribution in [3.05, 3.63) is 59.1 Å². The molecule has 2 amide bonds. The highest BCUT2D eigenvalue weighted by molar-refractivity contribution is 6.32. The number of rotatable bonds is 4. The molecule has 0 spiro atoms. The van der Waals surface area contributed by atoms with Crippen LogP contribution in [-0.2, 0) is 4.79 Å². The van der Waals surface area contributed by atoms with Crippen molar-refractivity contribution < 1.29 is 9.59 Å². The highest BCUT2D eigenvalue weighted by Gasteiger charge is 2.18. The highest BCUT2D eigenvalue weighted by Crippen LogP contribution is 2.25. The number of carbonyl (C=O) groups is 2. The van der Waals surface area contributed by atoms with Crippen molar-refractivity contribution in [3.63, 3.8) is 0 Å². The predicted molar refractivity (Wildman–Crippen MR) is 90.0 cm³/mol. The average molecular weight is 337 g/mol. The number of para-hydroxylation sites is 1. The van der Waals surface area contributed by atoms with Gasteiger partial charge in [-0.05, 0) is 30.3 Å². The van der Waals surface area contributed by atoms with Gasteiger partial charge in [-0.1, -0.05) is 29.8 Å². The molecule has 0 fully saturated rings. The van der Waals surface area contributed by atoms with Gasteiger partial charge in [-0.2, -0.15) is 0 Å². The van der Waals surface area contributed by atoms with Gasteiger partial charge in [0.15, 0.2) is 0 Å². The summed E-state index contributed by atoms with van der Waals surface area (Å²) >= 11 is 11.5. The van der Waals surface area contributed by atoms with Crippen molar-refractivity contribution in [1.82, 2.24) is 0 Å². The number of amides is 2. The molecule has 1 N–H and O–H groups in total. The molecule has 0 aliphatic rings. The summed E-state index contributed by atoms with van der Waals surface area (Å²) in [5.74, 6) is -0.825. The molecule has 0 radical (unpaired) electrons. The Morgan fingerprint density at radius 1 is 1.14 bits per heavy atom. The van der Waals surface area contributed by atoms with Crippen LogP contribution in [0.15, 0.2) is 48.5 Å². The van der Waals surface area contributed by atoms with E-state index in [2.05, 4.69) is 5.32 Å². The minimum absolute atomic E-state index is 0.168. The van der Waals surface area contributed by atoms with Gasteiger partial charge in [0.25, 0.3) is 5.91 Å². The van der Waals surface area contributed by atoms with Gasteiger partial charge < -0.3 is 10.2 Å². The Morgan fingerprint density at radius 3 is 2.45 bits per heavy atom. The quantitative estimate of drug-likeness (QED) is 0.863. The van der Waals surface area contributed by atoms with Gasteiger partial charge in [0.1, 0.15) is 5.88 Å². The van der Waals surface area contributed by atoms with E-state index in [1.807, 2.05) is 18.2 Å². The van der Waals surface area contributed by atoms with Crippen molar-refractivity contribution in [2.24, 2.45) is 0 Å². The van der Waals surface area contributed by atoms with Crippen LogP contribution in [0.1, 0.15) is 10.4 Å². The Labute approximate surface area is 138 Å². The summed E-state index contributed by atoms with van der Waals surface area (Å²) in [5, 5.41) is 3.18. The molecule has 114 valence electrons. The van der Waals surface area contributed by atoms with Gasteiger partial charge in [0.2, 0.25) is 5.91 Å². The smallest absolute Gasteiger partial charge is 0.257 e. The van der Waals surface area contributed by atoms with E-state index < -0.39 is 0 Å². The maximum atomic E-state index is 12.5. The molecule has 0 bridgehead atoms. The van der Waals surface area contributed by atoms with Crippen molar-refractivity contribution in [2.45, 2.75) is 0 Å². The van der Waals surface area contributed by atoms with Gasteiger partial charge in [-0.3, -0.25) is 9.59 Å². The number of halogens is 2. The van der Waals surface area contributed by atoms with Gasteiger partial charge in [0, 0.05) is 17.8 Å². The van der Waals surface area contributed by atoms with Crippen LogP contribution in [-0.4, -0.2) is 24.7 Å². The van der Waals surface area contributed by atoms with Crippen LogP contribution in [0.5, 0.6) is 0 Å². The van der Waals surface area contributed by atoms with Gasteiger partial charge in [-0.15, -0.1) is 11.6 Å². The molecule has 0 aliphatic heterocycles. The number of hydrogen-bond donors (Lipinski definition) is 1. The molecule has 6 heteroatoms. The predicted octanol–water partition coefficient (Wildman–Crippen LogP) is 3.79. The lowest BCUT2D eigenvalue weighted by molar-refractivity contribution is -0.116. The molecule has 0 saturated carbocycles. The standard InChI is InChI=1S/C16H14Cl2N2O2/c1-20(15(21)10-17)14-8-7-11(18)9-13(14)16(22)19-12-5-3-2-4-6-12/h2-9H,10H2,1H3,(H,19,22). The van der Waals surface area contributed by atoms with E-state index in [4.69, 9.17) is 23.2 Å². The van der Waals surface area contributed by atoms with E-state index in [0.717, 1.165) is 0 Å². The zero-order valence-corrected chi connectivity index (χ0v) is 13.4. The van der Waals surface area contributed by atoms with Gasteiger partial charge >= 0.3 is 0 Å². The van der Waals surface area contributed by atoms with Crippen LogP contribution in [0.2, 0.25) is 5.02 Å². The second-order valence-corrected chi connectivity index (χ2v) is 5.27. The SMILES string of the molecule is CN(C(=O)CCl)c1ccc(Cl)cc1C(=O)Nc1ccccc1. The number of nitrogens with zero attached hydrogens (tertiary/aromatic N) is 1. The molecule has 0 aliphatic carbocycles. The monoisotopic (exact) mass is 336 g/mol. The normalized spacial score (nSPS) is 10.1. The lowest BCUT2D eigenvalue weighted by Crippen LogP contribution is -2.29. The van der Waals surface area contributed by atoms with E-state index >= 15 is 0 Å². The fourth-order valence-corrected chi connectivity index (χ4v) is 2.28. The van der Waals surface area contributed by atoms with E-state index in [0.29, 0.717) is 22.0 Å². The van der Waals surface area contributed by atoms with Gasteiger partial charge in [-0.25, -0.2) is 0 Å². The van der Waals surface area contributed by atoms with Crippen molar-refractivity contribution >= 4 is 46.4 Å². The fourth-order valence-electron chi connectivity index (χ4n) is 1.93. The van der Waals surface area contributed by atoms with Gasteiger partial charge in [0.05, 0.1) is 11.3 Å². The molecule has 2 rings (SSSR count). The Balaban J connectivity index is 2.34. The summed E-state index contributed by atoms with van der Waals surface area (Å²) < 4.78 is 0. The first kappa shape index (κ1) is 16.3. The summed E-state index contributed by atoms with van der Waals surface area (Å²) in [6.07, 6.45) is 0. The maximum Gasteiger partial charge on any atom is 0.257 e. The minimum Gasteiger partial charge on any atom is -0.322 e. The first-order valence-corrected chi connectivity index (χ1v) is 7.42. The molecule has 0 unspecified atom stereocenters. The molecule has 2 aromatic carbocycles. The topological polar surface area (TPSA) is 49.4 Å². The number of benzene rings is 2. The van der Waals surface area contributed by atoms with Crippen LogP contribution in [0.3, 0.4) is 0 Å². The van der Waals surface area contributed by atoms with Crippen molar-refractivity contribution in [3.8, 4) is 0 Å². The Kier molecular flexibility index (Phi) is 5.41. The fraction of sp³-hybridized carbons (Fsp3) is 0.125. The van der Waals surface area contributed by atoms with E-state index in [1.165, 1.54) is 11.0 Å². The van der Waals surface area contributed by atoms with Crippen LogP contribution in [0.4, 0.5) is 11.4 Å². The molecule has 0 saturated heterocycles. The molecule has 2 aromatic rings. The summed E-state index contributed by atoms with van der Waals surface area (Å²) in [6, 6.07) is 13.8. The number of hydrogen-bond acceptors (Lipinski definition) is 2. The lowest BCUT2D eigenvalue weighted by atomic mass is 10.1. The average Bonchev–Trinajstić information content (AvgIpc) is 2.54. The van der Waals surface area contributed by atoms with E-state index in [1.54, 1.807) is 31.3 Å². The Bertz CT molecular complexity index is 690. The largest absolute Gasteiger partial charge is 0.322 e. The van der Waals surface area contributed by atoms with E-state index in [-0.39, 0.29) is 17.7 Å². The van der Waals surface area contributed by atoms with Crippen molar-refractivity contribution in [2.75, 3.05) is 23.1 Å². The number of anilines is 2. The molecule has 0 aromatic heterocycles. The molecule has 4 nitrogen and oxygen atoms in total. The van der Waals surface area contributed by atoms with Crippen molar-refractivity contribution in [1.29, 1.82) is 0 Å². The van der Waals surface area contributed by atoms with E-state index in [9.17, 15) is 9.59 Å². The second-order valence-electron chi connectivity index (χ2n) is 4.57.